The number of nitrogens with one attached hydrogen (secondary N) is 2. The smallest absolute Gasteiger partial charge is 0.241 e. The predicted octanol–water partition coefficient (Wildman–Crippen LogP) is 1.86. The highest BCUT2D eigenvalue weighted by atomic mass is 16.3. The molecular weight excluding hydrogens is 292 g/mol. The minimum absolute atomic E-state index is 0.0631. The first-order valence-electron chi connectivity index (χ1n) is 7.85. The van der Waals surface area contributed by atoms with E-state index in [0.717, 1.165) is 12.1 Å². The number of amides is 1. The van der Waals surface area contributed by atoms with Crippen molar-refractivity contribution < 1.29 is 9.90 Å². The molecule has 1 heterocycles. The molecule has 3 N–H and O–H groups in total. The lowest BCUT2D eigenvalue weighted by Gasteiger charge is -2.17. The number of aliphatic hydroxyl groups excluding tert-OH is 1. The highest BCUT2D eigenvalue weighted by Gasteiger charge is 2.11. The fraction of sp³-hybridized carbons (Fsp3) is 0.412. The molecule has 0 spiro atoms. The summed E-state index contributed by atoms with van der Waals surface area (Å²) in [5, 5.41) is 18.9. The molecule has 2 rings (SSSR count). The summed E-state index contributed by atoms with van der Waals surface area (Å²) in [4.78, 5) is 11.6. The second-order valence-electron chi connectivity index (χ2n) is 5.52. The molecule has 6 nitrogen and oxygen atoms in total. The van der Waals surface area contributed by atoms with E-state index in [-0.39, 0.29) is 31.6 Å². The number of aliphatic hydroxyl groups is 1. The van der Waals surface area contributed by atoms with E-state index in [0.29, 0.717) is 0 Å². The molecule has 1 unspecified atom stereocenters. The SMILES string of the molecule is CCC(Nc1cnn(CC(=O)NCCO)c1)c1ccc(C)cc1. The van der Waals surface area contributed by atoms with Crippen LogP contribution in [0.3, 0.4) is 0 Å². The van der Waals surface area contributed by atoms with Crippen LogP contribution in [0.5, 0.6) is 0 Å². The molecule has 0 saturated heterocycles. The van der Waals surface area contributed by atoms with Crippen LogP contribution in [0.25, 0.3) is 0 Å². The maximum absolute atomic E-state index is 11.6. The lowest BCUT2D eigenvalue weighted by molar-refractivity contribution is -0.122. The topological polar surface area (TPSA) is 79.2 Å². The molecule has 0 aliphatic carbocycles. The average Bonchev–Trinajstić information content (AvgIpc) is 2.98. The number of nitrogens with zero attached hydrogens (tertiary/aromatic N) is 2. The second kappa shape index (κ2) is 8.33. The molecule has 1 amide bonds. The zero-order chi connectivity index (χ0) is 16.7. The Bertz CT molecular complexity index is 622. The molecular formula is C17H24N4O2. The van der Waals surface area contributed by atoms with Gasteiger partial charge in [-0.05, 0) is 18.9 Å². The Hall–Kier alpha value is -2.34. The Kier molecular flexibility index (Phi) is 6.17. The van der Waals surface area contributed by atoms with Gasteiger partial charge < -0.3 is 15.7 Å². The number of anilines is 1. The number of aromatic nitrogens is 2. The van der Waals surface area contributed by atoms with Gasteiger partial charge in [-0.3, -0.25) is 9.48 Å². The van der Waals surface area contributed by atoms with Crippen molar-refractivity contribution in [3.63, 3.8) is 0 Å². The first kappa shape index (κ1) is 17.0. The summed E-state index contributed by atoms with van der Waals surface area (Å²) in [6, 6.07) is 8.67. The third kappa shape index (κ3) is 5.10. The van der Waals surface area contributed by atoms with Gasteiger partial charge in [0.05, 0.1) is 24.5 Å². The predicted molar refractivity (Wildman–Crippen MR) is 90.2 cm³/mol. The number of rotatable bonds is 8. The minimum Gasteiger partial charge on any atom is -0.395 e. The molecule has 0 bridgehead atoms. The lowest BCUT2D eigenvalue weighted by atomic mass is 10.0. The van der Waals surface area contributed by atoms with Gasteiger partial charge in [0.25, 0.3) is 0 Å². The minimum atomic E-state index is -0.167. The fourth-order valence-electron chi connectivity index (χ4n) is 2.34. The molecule has 0 aliphatic rings. The number of carbonyl (C=O) groups excluding carboxylic acids is 1. The largest absolute Gasteiger partial charge is 0.395 e. The number of carbonyl (C=O) groups is 1. The molecule has 124 valence electrons. The van der Waals surface area contributed by atoms with Crippen molar-refractivity contribution in [1.29, 1.82) is 0 Å². The summed E-state index contributed by atoms with van der Waals surface area (Å²) in [5.74, 6) is -0.167. The highest BCUT2D eigenvalue weighted by Crippen LogP contribution is 2.22. The quantitative estimate of drug-likeness (QED) is 0.694. The summed E-state index contributed by atoms with van der Waals surface area (Å²) in [7, 11) is 0. The third-order valence-corrected chi connectivity index (χ3v) is 3.60. The third-order valence-electron chi connectivity index (χ3n) is 3.60. The van der Waals surface area contributed by atoms with E-state index < -0.39 is 0 Å². The summed E-state index contributed by atoms with van der Waals surface area (Å²) in [5.41, 5.74) is 3.35. The molecule has 0 saturated carbocycles. The zero-order valence-corrected chi connectivity index (χ0v) is 13.6. The molecule has 2 aromatic rings. The van der Waals surface area contributed by atoms with Crippen LogP contribution in [0.1, 0.15) is 30.5 Å². The van der Waals surface area contributed by atoms with Crippen molar-refractivity contribution in [2.45, 2.75) is 32.9 Å². The number of hydrogen-bond donors (Lipinski definition) is 3. The van der Waals surface area contributed by atoms with E-state index in [1.165, 1.54) is 11.1 Å². The summed E-state index contributed by atoms with van der Waals surface area (Å²) >= 11 is 0. The van der Waals surface area contributed by atoms with Crippen molar-refractivity contribution in [1.82, 2.24) is 15.1 Å². The van der Waals surface area contributed by atoms with Crippen LogP contribution in [0.15, 0.2) is 36.7 Å². The Balaban J connectivity index is 1.96. The van der Waals surface area contributed by atoms with Gasteiger partial charge in [-0.25, -0.2) is 0 Å². The molecule has 1 aromatic carbocycles. The van der Waals surface area contributed by atoms with Crippen molar-refractivity contribution in [2.75, 3.05) is 18.5 Å². The molecule has 1 aromatic heterocycles. The molecule has 1 atom stereocenters. The molecule has 6 heteroatoms. The first-order chi connectivity index (χ1) is 11.1. The maximum atomic E-state index is 11.6. The van der Waals surface area contributed by atoms with E-state index in [1.807, 2.05) is 6.20 Å². The van der Waals surface area contributed by atoms with E-state index in [2.05, 4.69) is 53.8 Å². The Labute approximate surface area is 136 Å². The molecule has 0 aliphatic heterocycles. The summed E-state index contributed by atoms with van der Waals surface area (Å²) in [6.45, 7) is 4.54. The van der Waals surface area contributed by atoms with Crippen LogP contribution in [-0.4, -0.2) is 33.9 Å². The van der Waals surface area contributed by atoms with Gasteiger partial charge in [0.2, 0.25) is 5.91 Å². The van der Waals surface area contributed by atoms with E-state index in [1.54, 1.807) is 10.9 Å². The van der Waals surface area contributed by atoms with Crippen molar-refractivity contribution in [2.24, 2.45) is 0 Å². The normalized spacial score (nSPS) is 12.0. The van der Waals surface area contributed by atoms with Crippen molar-refractivity contribution in [3.05, 3.63) is 47.8 Å². The van der Waals surface area contributed by atoms with Crippen molar-refractivity contribution >= 4 is 11.6 Å². The van der Waals surface area contributed by atoms with Gasteiger partial charge >= 0.3 is 0 Å². The van der Waals surface area contributed by atoms with Gasteiger partial charge in [-0.15, -0.1) is 0 Å². The Morgan fingerprint density at radius 3 is 2.74 bits per heavy atom. The van der Waals surface area contributed by atoms with Crippen LogP contribution in [0.4, 0.5) is 5.69 Å². The van der Waals surface area contributed by atoms with Gasteiger partial charge in [0, 0.05) is 12.7 Å². The van der Waals surface area contributed by atoms with E-state index in [4.69, 9.17) is 5.11 Å². The fourth-order valence-corrected chi connectivity index (χ4v) is 2.34. The van der Waals surface area contributed by atoms with Crippen LogP contribution in [-0.2, 0) is 11.3 Å². The van der Waals surface area contributed by atoms with Crippen LogP contribution >= 0.6 is 0 Å². The lowest BCUT2D eigenvalue weighted by Crippen LogP contribution is -2.30. The zero-order valence-electron chi connectivity index (χ0n) is 13.6. The van der Waals surface area contributed by atoms with Gasteiger partial charge in [0.1, 0.15) is 6.54 Å². The molecule has 0 radical (unpaired) electrons. The van der Waals surface area contributed by atoms with Gasteiger partial charge in [-0.2, -0.15) is 5.10 Å². The standard InChI is InChI=1S/C17H24N4O2/c1-3-16(14-6-4-13(2)5-7-14)20-15-10-19-21(11-15)12-17(23)18-8-9-22/h4-7,10-11,16,20,22H,3,8-9,12H2,1-2H3,(H,18,23). The number of benzene rings is 1. The molecule has 0 fully saturated rings. The summed E-state index contributed by atoms with van der Waals surface area (Å²) in [6.07, 6.45) is 4.48. The van der Waals surface area contributed by atoms with E-state index >= 15 is 0 Å². The molecule has 23 heavy (non-hydrogen) atoms. The van der Waals surface area contributed by atoms with E-state index in [9.17, 15) is 4.79 Å². The Morgan fingerprint density at radius 2 is 2.09 bits per heavy atom. The number of hydrogen-bond acceptors (Lipinski definition) is 4. The van der Waals surface area contributed by atoms with Gasteiger partial charge in [-0.1, -0.05) is 36.8 Å². The Morgan fingerprint density at radius 1 is 1.35 bits per heavy atom. The van der Waals surface area contributed by atoms with Crippen LogP contribution in [0.2, 0.25) is 0 Å². The van der Waals surface area contributed by atoms with Crippen LogP contribution in [0, 0.1) is 6.92 Å². The average molecular weight is 316 g/mol. The highest BCUT2D eigenvalue weighted by molar-refractivity contribution is 5.75. The first-order valence-corrected chi connectivity index (χ1v) is 7.85. The number of aryl methyl sites for hydroxylation is 1. The van der Waals surface area contributed by atoms with Gasteiger partial charge in [0.15, 0.2) is 0 Å². The second-order valence-corrected chi connectivity index (χ2v) is 5.52. The maximum Gasteiger partial charge on any atom is 0.241 e. The van der Waals surface area contributed by atoms with Crippen molar-refractivity contribution in [3.8, 4) is 0 Å². The monoisotopic (exact) mass is 316 g/mol. The van der Waals surface area contributed by atoms with Crippen LogP contribution < -0.4 is 10.6 Å². The summed E-state index contributed by atoms with van der Waals surface area (Å²) < 4.78 is 1.58.